The van der Waals surface area contributed by atoms with Crippen LogP contribution in [0.1, 0.15) is 34.0 Å². The Labute approximate surface area is 126 Å². The second-order valence-electron chi connectivity index (χ2n) is 5.31. The molecule has 0 saturated heterocycles. The van der Waals surface area contributed by atoms with Crippen LogP contribution in [-0.4, -0.2) is 28.9 Å². The average Bonchev–Trinajstić information content (AvgIpc) is 2.51. The van der Waals surface area contributed by atoms with Gasteiger partial charge in [0.2, 0.25) is 0 Å². The van der Waals surface area contributed by atoms with Gasteiger partial charge in [-0.25, -0.2) is 0 Å². The van der Waals surface area contributed by atoms with Crippen LogP contribution in [0, 0.1) is 13.8 Å². The van der Waals surface area contributed by atoms with Gasteiger partial charge in [-0.15, -0.1) is 0 Å². The number of carbonyl (C=O) groups is 1. The van der Waals surface area contributed by atoms with Crippen molar-refractivity contribution in [3.63, 3.8) is 0 Å². The van der Waals surface area contributed by atoms with Crippen molar-refractivity contribution >= 4 is 5.91 Å². The number of carbonyl (C=O) groups excluding carboxylic acids is 1. The molecule has 1 aromatic heterocycles. The van der Waals surface area contributed by atoms with E-state index in [4.69, 9.17) is 0 Å². The lowest BCUT2D eigenvalue weighted by atomic mass is 10.0. The number of amides is 1. The number of benzene rings is 1. The van der Waals surface area contributed by atoms with Gasteiger partial charge < -0.3 is 4.90 Å². The number of pyridine rings is 1. The summed E-state index contributed by atoms with van der Waals surface area (Å²) in [6.45, 7) is 7.48. The van der Waals surface area contributed by atoms with E-state index in [1.165, 1.54) is 5.56 Å². The minimum Gasteiger partial charge on any atom is -0.339 e. The molecule has 0 fully saturated rings. The average molecular weight is 282 g/mol. The summed E-state index contributed by atoms with van der Waals surface area (Å²) >= 11 is 0. The van der Waals surface area contributed by atoms with Gasteiger partial charge in [0, 0.05) is 31.0 Å². The van der Waals surface area contributed by atoms with Crippen LogP contribution in [0.25, 0.3) is 0 Å². The topological polar surface area (TPSA) is 33.2 Å². The van der Waals surface area contributed by atoms with Crippen LogP contribution in [0.2, 0.25) is 0 Å². The first kappa shape index (κ1) is 15.2. The van der Waals surface area contributed by atoms with Crippen molar-refractivity contribution in [2.75, 3.05) is 13.1 Å². The van der Waals surface area contributed by atoms with E-state index in [1.807, 2.05) is 56.0 Å². The Kier molecular flexibility index (Phi) is 5.09. The van der Waals surface area contributed by atoms with E-state index >= 15 is 0 Å². The van der Waals surface area contributed by atoms with Gasteiger partial charge in [0.1, 0.15) is 0 Å². The molecular formula is C18H22N2O. The summed E-state index contributed by atoms with van der Waals surface area (Å²) in [5.74, 6) is 0.118. The van der Waals surface area contributed by atoms with Gasteiger partial charge in [0.05, 0.1) is 0 Å². The molecule has 0 saturated carbocycles. The summed E-state index contributed by atoms with van der Waals surface area (Å²) in [7, 11) is 0. The third-order valence-corrected chi connectivity index (χ3v) is 3.71. The summed E-state index contributed by atoms with van der Waals surface area (Å²) in [5.41, 5.74) is 4.17. The highest BCUT2D eigenvalue weighted by atomic mass is 16.2. The Bertz CT molecular complexity index is 608. The smallest absolute Gasteiger partial charge is 0.254 e. The lowest BCUT2D eigenvalue weighted by molar-refractivity contribution is 0.0765. The summed E-state index contributed by atoms with van der Waals surface area (Å²) in [5, 5.41) is 0. The molecule has 0 spiro atoms. The lowest BCUT2D eigenvalue weighted by Crippen LogP contribution is -2.33. The van der Waals surface area contributed by atoms with E-state index in [1.54, 1.807) is 12.4 Å². The number of hydrogen-bond acceptors (Lipinski definition) is 2. The fraction of sp³-hybridized carbons (Fsp3) is 0.333. The first-order valence-corrected chi connectivity index (χ1v) is 7.37. The Hall–Kier alpha value is -2.16. The van der Waals surface area contributed by atoms with Crippen molar-refractivity contribution in [3.8, 4) is 0 Å². The molecule has 2 rings (SSSR count). The minimum atomic E-state index is 0.118. The van der Waals surface area contributed by atoms with Crippen molar-refractivity contribution in [1.29, 1.82) is 0 Å². The zero-order valence-corrected chi connectivity index (χ0v) is 13.0. The highest BCUT2D eigenvalue weighted by Gasteiger charge is 2.16. The molecule has 0 N–H and O–H groups in total. The van der Waals surface area contributed by atoms with Crippen molar-refractivity contribution in [1.82, 2.24) is 9.88 Å². The Morgan fingerprint density at radius 3 is 2.52 bits per heavy atom. The molecule has 0 bridgehead atoms. The van der Waals surface area contributed by atoms with Crippen LogP contribution in [0.4, 0.5) is 0 Å². The van der Waals surface area contributed by atoms with Gasteiger partial charge in [-0.3, -0.25) is 9.78 Å². The number of hydrogen-bond donors (Lipinski definition) is 0. The van der Waals surface area contributed by atoms with Gasteiger partial charge in [-0.2, -0.15) is 0 Å². The molecule has 1 amide bonds. The molecule has 1 aromatic carbocycles. The standard InChI is InChI=1S/C18H22N2O/c1-4-20(12-9-16-7-10-19-11-8-16)18(21)17-13-14(2)5-6-15(17)3/h5-8,10-11,13H,4,9,12H2,1-3H3. The van der Waals surface area contributed by atoms with Crippen molar-refractivity contribution in [3.05, 3.63) is 65.0 Å². The Morgan fingerprint density at radius 2 is 1.86 bits per heavy atom. The lowest BCUT2D eigenvalue weighted by Gasteiger charge is -2.22. The van der Waals surface area contributed by atoms with Gasteiger partial charge >= 0.3 is 0 Å². The zero-order valence-electron chi connectivity index (χ0n) is 13.0. The second kappa shape index (κ2) is 7.02. The maximum atomic E-state index is 12.7. The summed E-state index contributed by atoms with van der Waals surface area (Å²) in [4.78, 5) is 18.6. The number of nitrogens with zero attached hydrogens (tertiary/aromatic N) is 2. The first-order chi connectivity index (χ1) is 10.1. The molecule has 110 valence electrons. The van der Waals surface area contributed by atoms with Crippen LogP contribution >= 0.6 is 0 Å². The van der Waals surface area contributed by atoms with Crippen LogP contribution < -0.4 is 0 Å². The van der Waals surface area contributed by atoms with Gasteiger partial charge in [-0.1, -0.05) is 17.7 Å². The first-order valence-electron chi connectivity index (χ1n) is 7.37. The van der Waals surface area contributed by atoms with Crippen LogP contribution in [0.15, 0.2) is 42.7 Å². The van der Waals surface area contributed by atoms with Crippen LogP contribution in [-0.2, 0) is 6.42 Å². The third kappa shape index (κ3) is 3.91. The van der Waals surface area contributed by atoms with E-state index < -0.39 is 0 Å². The van der Waals surface area contributed by atoms with E-state index in [0.717, 1.165) is 36.2 Å². The summed E-state index contributed by atoms with van der Waals surface area (Å²) in [6.07, 6.45) is 4.43. The van der Waals surface area contributed by atoms with Crippen LogP contribution in [0.5, 0.6) is 0 Å². The fourth-order valence-electron chi connectivity index (χ4n) is 2.35. The number of likely N-dealkylation sites (N-methyl/N-ethyl adjacent to an activating group) is 1. The van der Waals surface area contributed by atoms with Crippen LogP contribution in [0.3, 0.4) is 0 Å². The molecule has 0 aliphatic carbocycles. The summed E-state index contributed by atoms with van der Waals surface area (Å²) in [6, 6.07) is 10.0. The van der Waals surface area contributed by atoms with E-state index in [-0.39, 0.29) is 5.91 Å². The molecule has 1 heterocycles. The van der Waals surface area contributed by atoms with Gasteiger partial charge in [0.25, 0.3) is 5.91 Å². The maximum Gasteiger partial charge on any atom is 0.254 e. The molecule has 0 unspecified atom stereocenters. The molecular weight excluding hydrogens is 260 g/mol. The van der Waals surface area contributed by atoms with Crippen molar-refractivity contribution in [2.45, 2.75) is 27.2 Å². The quantitative estimate of drug-likeness (QED) is 0.842. The third-order valence-electron chi connectivity index (χ3n) is 3.71. The van der Waals surface area contributed by atoms with E-state index in [0.29, 0.717) is 0 Å². The molecule has 0 aliphatic rings. The number of aryl methyl sites for hydroxylation is 2. The fourth-order valence-corrected chi connectivity index (χ4v) is 2.35. The van der Waals surface area contributed by atoms with E-state index in [2.05, 4.69) is 4.98 Å². The van der Waals surface area contributed by atoms with Crippen molar-refractivity contribution in [2.24, 2.45) is 0 Å². The van der Waals surface area contributed by atoms with E-state index in [9.17, 15) is 4.79 Å². The Morgan fingerprint density at radius 1 is 1.14 bits per heavy atom. The zero-order chi connectivity index (χ0) is 15.2. The molecule has 3 nitrogen and oxygen atoms in total. The minimum absolute atomic E-state index is 0.118. The number of aromatic nitrogens is 1. The molecule has 21 heavy (non-hydrogen) atoms. The maximum absolute atomic E-state index is 12.7. The molecule has 2 aromatic rings. The SMILES string of the molecule is CCN(CCc1ccncc1)C(=O)c1cc(C)ccc1C. The second-order valence-corrected chi connectivity index (χ2v) is 5.31. The molecule has 3 heteroatoms. The summed E-state index contributed by atoms with van der Waals surface area (Å²) < 4.78 is 0. The largest absolute Gasteiger partial charge is 0.339 e. The normalized spacial score (nSPS) is 10.4. The van der Waals surface area contributed by atoms with Gasteiger partial charge in [0.15, 0.2) is 0 Å². The monoisotopic (exact) mass is 282 g/mol. The molecule has 0 aliphatic heterocycles. The predicted octanol–water partition coefficient (Wildman–Crippen LogP) is 3.40. The predicted molar refractivity (Wildman–Crippen MR) is 85.4 cm³/mol. The highest BCUT2D eigenvalue weighted by molar-refractivity contribution is 5.95. The van der Waals surface area contributed by atoms with Crippen molar-refractivity contribution < 1.29 is 4.79 Å². The number of rotatable bonds is 5. The molecule has 0 atom stereocenters. The molecule has 0 radical (unpaired) electrons. The Balaban J connectivity index is 2.10. The van der Waals surface area contributed by atoms with Gasteiger partial charge in [-0.05, 0) is 56.5 Å². The highest BCUT2D eigenvalue weighted by Crippen LogP contribution is 2.14.